The fourth-order valence-corrected chi connectivity index (χ4v) is 5.59. The third-order valence-electron chi connectivity index (χ3n) is 7.81. The highest BCUT2D eigenvalue weighted by molar-refractivity contribution is 6.05. The number of carbonyl (C=O) groups excluding carboxylic acids is 2. The zero-order chi connectivity index (χ0) is 27.2. The summed E-state index contributed by atoms with van der Waals surface area (Å²) in [7, 11) is 1.78. The molecule has 1 fully saturated rings. The van der Waals surface area contributed by atoms with Crippen LogP contribution >= 0.6 is 0 Å². The van der Waals surface area contributed by atoms with Gasteiger partial charge in [-0.1, -0.05) is 42.5 Å². The highest BCUT2D eigenvalue weighted by Gasteiger charge is 2.22. The number of nitrogens with zero attached hydrogens (tertiary/aromatic N) is 2. The summed E-state index contributed by atoms with van der Waals surface area (Å²) in [5.74, 6) is 0.421. The number of aliphatic hydroxyl groups excluding tert-OH is 1. The number of ether oxygens (including phenoxy) is 1. The Hall–Kier alpha value is -3.52. The van der Waals surface area contributed by atoms with E-state index in [2.05, 4.69) is 22.3 Å². The van der Waals surface area contributed by atoms with Gasteiger partial charge in [-0.25, -0.2) is 0 Å². The van der Waals surface area contributed by atoms with E-state index in [1.165, 1.54) is 0 Å². The van der Waals surface area contributed by atoms with Crippen LogP contribution in [-0.2, 0) is 22.5 Å². The number of rotatable bonds is 9. The van der Waals surface area contributed by atoms with Gasteiger partial charge in [0.25, 0.3) is 5.91 Å². The average Bonchev–Trinajstić information content (AvgIpc) is 2.96. The minimum absolute atomic E-state index is 0.0827. The molecule has 2 aliphatic rings. The van der Waals surface area contributed by atoms with Crippen molar-refractivity contribution in [2.45, 2.75) is 32.2 Å². The van der Waals surface area contributed by atoms with Crippen LogP contribution in [0.2, 0.25) is 0 Å². The zero-order valence-corrected chi connectivity index (χ0v) is 22.6. The van der Waals surface area contributed by atoms with E-state index in [1.54, 1.807) is 11.9 Å². The Morgan fingerprint density at radius 3 is 2.62 bits per heavy atom. The molecular formula is C32H37N3O4. The van der Waals surface area contributed by atoms with Gasteiger partial charge < -0.3 is 20.1 Å². The summed E-state index contributed by atoms with van der Waals surface area (Å²) in [5, 5.41) is 12.8. The lowest BCUT2D eigenvalue weighted by Crippen LogP contribution is -2.34. The quantitative estimate of drug-likeness (QED) is 0.420. The first-order valence-corrected chi connectivity index (χ1v) is 13.8. The first-order valence-electron chi connectivity index (χ1n) is 13.8. The summed E-state index contributed by atoms with van der Waals surface area (Å²) in [6.45, 7) is 3.75. The normalized spacial score (nSPS) is 15.9. The second kappa shape index (κ2) is 12.6. The van der Waals surface area contributed by atoms with E-state index in [1.807, 2.05) is 54.6 Å². The summed E-state index contributed by atoms with van der Waals surface area (Å²) in [4.78, 5) is 29.5. The molecule has 0 aliphatic carbocycles. The van der Waals surface area contributed by atoms with Crippen LogP contribution in [0.4, 0.5) is 11.4 Å². The van der Waals surface area contributed by atoms with Crippen LogP contribution in [-0.4, -0.2) is 61.8 Å². The van der Waals surface area contributed by atoms with Crippen molar-refractivity contribution in [2.24, 2.45) is 5.92 Å². The Kier molecular flexibility index (Phi) is 8.71. The van der Waals surface area contributed by atoms with Crippen LogP contribution in [0.1, 0.15) is 40.7 Å². The number of nitrogens with one attached hydrogen (secondary N) is 1. The first kappa shape index (κ1) is 27.1. The smallest absolute Gasteiger partial charge is 0.255 e. The monoisotopic (exact) mass is 527 g/mol. The van der Waals surface area contributed by atoms with E-state index in [0.717, 1.165) is 67.0 Å². The lowest BCUT2D eigenvalue weighted by atomic mass is 9.95. The molecule has 2 aliphatic heterocycles. The van der Waals surface area contributed by atoms with Crippen LogP contribution in [0.3, 0.4) is 0 Å². The SMILES string of the molecule is CN1C(=O)CCc2ccc(NC(=O)c3ccc(-c4ccccc4)c(CN(CCO)CC4CCOCC4)c3)cc21. The maximum Gasteiger partial charge on any atom is 0.255 e. The van der Waals surface area contributed by atoms with Gasteiger partial charge in [0, 0.05) is 63.3 Å². The van der Waals surface area contributed by atoms with Gasteiger partial charge in [-0.15, -0.1) is 0 Å². The Morgan fingerprint density at radius 2 is 1.85 bits per heavy atom. The number of aliphatic hydroxyl groups is 1. The van der Waals surface area contributed by atoms with Gasteiger partial charge in [-0.2, -0.15) is 0 Å². The molecule has 2 heterocycles. The second-order valence-electron chi connectivity index (χ2n) is 10.5. The van der Waals surface area contributed by atoms with E-state index in [0.29, 0.717) is 36.7 Å². The van der Waals surface area contributed by atoms with Crippen LogP contribution in [0.15, 0.2) is 66.7 Å². The molecule has 7 heteroatoms. The van der Waals surface area contributed by atoms with Crippen LogP contribution < -0.4 is 10.2 Å². The minimum Gasteiger partial charge on any atom is -0.395 e. The van der Waals surface area contributed by atoms with Crippen molar-refractivity contribution in [3.8, 4) is 11.1 Å². The van der Waals surface area contributed by atoms with E-state index in [-0.39, 0.29) is 18.4 Å². The van der Waals surface area contributed by atoms with Crippen molar-refractivity contribution in [2.75, 3.05) is 50.2 Å². The molecule has 3 aromatic carbocycles. The number of amides is 2. The highest BCUT2D eigenvalue weighted by atomic mass is 16.5. The van der Waals surface area contributed by atoms with Crippen molar-refractivity contribution in [1.82, 2.24) is 4.90 Å². The number of hydrogen-bond donors (Lipinski definition) is 2. The second-order valence-corrected chi connectivity index (χ2v) is 10.5. The van der Waals surface area contributed by atoms with Gasteiger partial charge in [0.15, 0.2) is 0 Å². The molecule has 0 aromatic heterocycles. The molecule has 1 saturated heterocycles. The fourth-order valence-electron chi connectivity index (χ4n) is 5.59. The molecule has 0 saturated carbocycles. The van der Waals surface area contributed by atoms with Gasteiger partial charge >= 0.3 is 0 Å². The maximum atomic E-state index is 13.4. The number of anilines is 2. The summed E-state index contributed by atoms with van der Waals surface area (Å²) >= 11 is 0. The van der Waals surface area contributed by atoms with E-state index in [4.69, 9.17) is 4.74 Å². The lowest BCUT2D eigenvalue weighted by molar-refractivity contribution is -0.118. The molecule has 0 unspecified atom stereocenters. The first-order chi connectivity index (χ1) is 19.0. The molecule has 0 radical (unpaired) electrons. The molecule has 3 aromatic rings. The molecule has 0 spiro atoms. The number of carbonyl (C=O) groups is 2. The van der Waals surface area contributed by atoms with Crippen molar-refractivity contribution in [3.05, 3.63) is 83.4 Å². The van der Waals surface area contributed by atoms with Crippen molar-refractivity contribution in [1.29, 1.82) is 0 Å². The summed E-state index contributed by atoms with van der Waals surface area (Å²) in [6, 6.07) is 21.8. The molecule has 204 valence electrons. The number of benzene rings is 3. The molecule has 39 heavy (non-hydrogen) atoms. The Bertz CT molecular complexity index is 1300. The summed E-state index contributed by atoms with van der Waals surface area (Å²) in [5.41, 5.74) is 6.41. The Labute approximate surface area is 230 Å². The summed E-state index contributed by atoms with van der Waals surface area (Å²) < 4.78 is 5.54. The van der Waals surface area contributed by atoms with Crippen molar-refractivity contribution < 1.29 is 19.4 Å². The van der Waals surface area contributed by atoms with Crippen LogP contribution in [0.5, 0.6) is 0 Å². The van der Waals surface area contributed by atoms with Gasteiger partial charge in [0.1, 0.15) is 0 Å². The molecule has 2 N–H and O–H groups in total. The van der Waals surface area contributed by atoms with E-state index >= 15 is 0 Å². The highest BCUT2D eigenvalue weighted by Crippen LogP contribution is 2.31. The zero-order valence-electron chi connectivity index (χ0n) is 22.6. The Morgan fingerprint density at radius 1 is 1.05 bits per heavy atom. The van der Waals surface area contributed by atoms with Gasteiger partial charge in [-0.3, -0.25) is 14.5 Å². The molecular weight excluding hydrogens is 490 g/mol. The third kappa shape index (κ3) is 6.56. The third-order valence-corrected chi connectivity index (χ3v) is 7.81. The van der Waals surface area contributed by atoms with Gasteiger partial charge in [0.05, 0.1) is 6.61 Å². The van der Waals surface area contributed by atoms with Crippen LogP contribution in [0.25, 0.3) is 11.1 Å². The number of hydrogen-bond acceptors (Lipinski definition) is 5. The predicted molar refractivity (Wildman–Crippen MR) is 154 cm³/mol. The van der Waals surface area contributed by atoms with E-state index < -0.39 is 0 Å². The molecule has 2 amide bonds. The topological polar surface area (TPSA) is 82.1 Å². The number of fused-ring (bicyclic) bond motifs is 1. The number of aryl methyl sites for hydroxylation is 1. The molecule has 0 atom stereocenters. The Balaban J connectivity index is 1.40. The average molecular weight is 528 g/mol. The maximum absolute atomic E-state index is 13.4. The predicted octanol–water partition coefficient (Wildman–Crippen LogP) is 4.74. The molecule has 0 bridgehead atoms. The minimum atomic E-state index is -0.196. The van der Waals surface area contributed by atoms with Crippen molar-refractivity contribution >= 4 is 23.2 Å². The van der Waals surface area contributed by atoms with Gasteiger partial charge in [0.2, 0.25) is 5.91 Å². The van der Waals surface area contributed by atoms with E-state index in [9.17, 15) is 14.7 Å². The lowest BCUT2D eigenvalue weighted by Gasteiger charge is -2.30. The molecule has 7 nitrogen and oxygen atoms in total. The largest absolute Gasteiger partial charge is 0.395 e. The van der Waals surface area contributed by atoms with Crippen LogP contribution in [0, 0.1) is 5.92 Å². The molecule has 5 rings (SSSR count). The van der Waals surface area contributed by atoms with Gasteiger partial charge in [-0.05, 0) is 71.7 Å². The standard InChI is InChI=1S/C32H37N3O4/c1-34-30-20-28(10-7-25(30)9-12-31(34)37)33-32(38)26-8-11-29(24-5-3-2-4-6-24)27(19-26)22-35(15-16-36)21-23-13-17-39-18-14-23/h2-8,10-11,19-20,23,36H,9,12-18,21-22H2,1H3,(H,33,38). The fraction of sp³-hybridized carbons (Fsp3) is 0.375. The summed E-state index contributed by atoms with van der Waals surface area (Å²) in [6.07, 6.45) is 3.28. The van der Waals surface area contributed by atoms with Crippen molar-refractivity contribution in [3.63, 3.8) is 0 Å².